The summed E-state index contributed by atoms with van der Waals surface area (Å²) < 4.78 is 75.2. The fourth-order valence-electron chi connectivity index (χ4n) is 1.34. The molecule has 0 spiro atoms. The van der Waals surface area contributed by atoms with E-state index < -0.39 is 46.2 Å². The van der Waals surface area contributed by atoms with Crippen LogP contribution in [0.2, 0.25) is 0 Å². The lowest BCUT2D eigenvalue weighted by Crippen LogP contribution is -2.31. The molecule has 0 aliphatic carbocycles. The van der Waals surface area contributed by atoms with E-state index in [0.717, 1.165) is 0 Å². The summed E-state index contributed by atoms with van der Waals surface area (Å²) in [5.41, 5.74) is -7.09. The third-order valence-electron chi connectivity index (χ3n) is 2.11. The predicted molar refractivity (Wildman–Crippen MR) is 50.8 cm³/mol. The molecule has 2 heterocycles. The minimum Gasteiger partial charge on any atom is -0.313 e. The molecule has 0 atom stereocenters. The standard InChI is InChI=1S/C8H2F6N4O2/c9-7(10,11)2-1-3(17-5(20)4(19)15-1)18-6(16-2)8(12,13)14/h(H,15,19)(H,16,17,18,20). The fourth-order valence-corrected chi connectivity index (χ4v) is 1.34. The Balaban J connectivity index is 2.97. The molecule has 2 N–H and O–H groups in total. The summed E-state index contributed by atoms with van der Waals surface area (Å²) in [5, 5.41) is 0. The molecule has 2 rings (SSSR count). The molecule has 0 saturated carbocycles. The van der Waals surface area contributed by atoms with Crippen LogP contribution in [0.25, 0.3) is 11.2 Å². The van der Waals surface area contributed by atoms with Gasteiger partial charge in [-0.15, -0.1) is 0 Å². The quantitative estimate of drug-likeness (QED) is 0.562. The van der Waals surface area contributed by atoms with Crippen LogP contribution in [-0.4, -0.2) is 19.9 Å². The highest BCUT2D eigenvalue weighted by atomic mass is 19.4. The number of hydrogen-bond acceptors (Lipinski definition) is 4. The first-order valence-electron chi connectivity index (χ1n) is 4.69. The number of hydrogen-bond donors (Lipinski definition) is 2. The van der Waals surface area contributed by atoms with Crippen LogP contribution in [0, 0.1) is 0 Å². The number of aromatic amines is 2. The Kier molecular flexibility index (Phi) is 2.84. The fraction of sp³-hybridized carbons (Fsp3) is 0.250. The van der Waals surface area contributed by atoms with Crippen molar-refractivity contribution in [1.82, 2.24) is 19.9 Å². The normalized spacial score (nSPS) is 12.9. The molecule has 0 aromatic carbocycles. The molecule has 12 heteroatoms. The zero-order chi connectivity index (χ0) is 15.3. The lowest BCUT2D eigenvalue weighted by Gasteiger charge is -2.11. The number of halogens is 6. The average molecular weight is 300 g/mol. The van der Waals surface area contributed by atoms with Gasteiger partial charge in [0, 0.05) is 0 Å². The summed E-state index contributed by atoms with van der Waals surface area (Å²) in [4.78, 5) is 30.0. The molecule has 0 bridgehead atoms. The SMILES string of the molecule is O=c1[nH]c2nc(C(F)(F)F)nc(C(F)(F)F)c2[nH]c1=O. The van der Waals surface area contributed by atoms with Crippen molar-refractivity contribution in [2.75, 3.05) is 0 Å². The van der Waals surface area contributed by atoms with Gasteiger partial charge >= 0.3 is 23.5 Å². The second kappa shape index (κ2) is 4.05. The van der Waals surface area contributed by atoms with Gasteiger partial charge in [-0.05, 0) is 0 Å². The largest absolute Gasteiger partial charge is 0.451 e. The van der Waals surface area contributed by atoms with Crippen molar-refractivity contribution in [3.05, 3.63) is 32.2 Å². The summed E-state index contributed by atoms with van der Waals surface area (Å²) in [5.74, 6) is -2.08. The monoisotopic (exact) mass is 300 g/mol. The van der Waals surface area contributed by atoms with Crippen molar-refractivity contribution in [2.24, 2.45) is 0 Å². The van der Waals surface area contributed by atoms with Crippen LogP contribution in [0.3, 0.4) is 0 Å². The summed E-state index contributed by atoms with van der Waals surface area (Å²) in [6.45, 7) is 0. The second-order valence-corrected chi connectivity index (χ2v) is 3.52. The van der Waals surface area contributed by atoms with Crippen molar-refractivity contribution < 1.29 is 26.3 Å². The molecule has 0 fully saturated rings. The Morgan fingerprint density at radius 1 is 0.800 bits per heavy atom. The molecule has 0 amide bonds. The van der Waals surface area contributed by atoms with Crippen LogP contribution in [0.15, 0.2) is 9.59 Å². The van der Waals surface area contributed by atoms with Crippen molar-refractivity contribution in [2.45, 2.75) is 12.4 Å². The molecule has 0 unspecified atom stereocenters. The van der Waals surface area contributed by atoms with Gasteiger partial charge in [0.2, 0.25) is 5.82 Å². The molecular formula is C8H2F6N4O2. The summed E-state index contributed by atoms with van der Waals surface area (Å²) >= 11 is 0. The van der Waals surface area contributed by atoms with Gasteiger partial charge in [0.15, 0.2) is 11.3 Å². The first-order chi connectivity index (χ1) is 9.00. The Morgan fingerprint density at radius 2 is 1.35 bits per heavy atom. The molecule has 0 saturated heterocycles. The average Bonchev–Trinajstić information content (AvgIpc) is 2.26. The van der Waals surface area contributed by atoms with Crippen molar-refractivity contribution in [1.29, 1.82) is 0 Å². The van der Waals surface area contributed by atoms with E-state index >= 15 is 0 Å². The van der Waals surface area contributed by atoms with Crippen LogP contribution in [0.4, 0.5) is 26.3 Å². The van der Waals surface area contributed by atoms with Gasteiger partial charge < -0.3 is 9.97 Å². The number of aromatic nitrogens is 4. The molecule has 108 valence electrons. The topological polar surface area (TPSA) is 91.5 Å². The summed E-state index contributed by atoms with van der Waals surface area (Å²) in [6.07, 6.45) is -10.5. The lowest BCUT2D eigenvalue weighted by atomic mass is 10.3. The molecule has 0 aliphatic heterocycles. The summed E-state index contributed by atoms with van der Waals surface area (Å²) in [7, 11) is 0. The van der Waals surface area contributed by atoms with Crippen LogP contribution < -0.4 is 11.1 Å². The molecule has 0 aliphatic rings. The van der Waals surface area contributed by atoms with Crippen molar-refractivity contribution >= 4 is 11.2 Å². The molecular weight excluding hydrogens is 298 g/mol. The number of alkyl halides is 6. The number of nitrogens with zero attached hydrogens (tertiary/aromatic N) is 2. The van der Waals surface area contributed by atoms with Crippen LogP contribution in [0.1, 0.15) is 11.5 Å². The summed E-state index contributed by atoms with van der Waals surface area (Å²) in [6, 6.07) is 0. The smallest absolute Gasteiger partial charge is 0.313 e. The van der Waals surface area contributed by atoms with E-state index in [1.165, 1.54) is 9.97 Å². The van der Waals surface area contributed by atoms with Gasteiger partial charge in [-0.25, -0.2) is 9.97 Å². The van der Waals surface area contributed by atoms with E-state index in [0.29, 0.717) is 0 Å². The number of rotatable bonds is 0. The minimum absolute atomic E-state index is 1.07. The van der Waals surface area contributed by atoms with Crippen LogP contribution in [0.5, 0.6) is 0 Å². The van der Waals surface area contributed by atoms with Gasteiger partial charge in [0.1, 0.15) is 5.52 Å². The van der Waals surface area contributed by atoms with E-state index in [9.17, 15) is 35.9 Å². The highest BCUT2D eigenvalue weighted by Gasteiger charge is 2.41. The Morgan fingerprint density at radius 3 is 1.85 bits per heavy atom. The van der Waals surface area contributed by atoms with Gasteiger partial charge in [-0.2, -0.15) is 26.3 Å². The number of H-pyrrole nitrogens is 2. The van der Waals surface area contributed by atoms with E-state index in [1.54, 1.807) is 0 Å². The van der Waals surface area contributed by atoms with E-state index in [4.69, 9.17) is 0 Å². The molecule has 6 nitrogen and oxygen atoms in total. The number of fused-ring (bicyclic) bond motifs is 1. The zero-order valence-electron chi connectivity index (χ0n) is 8.98. The Hall–Kier alpha value is -2.40. The van der Waals surface area contributed by atoms with E-state index in [1.807, 2.05) is 0 Å². The predicted octanol–water partition coefficient (Wildman–Crippen LogP) is 1.04. The Labute approximate surface area is 103 Å². The molecule has 2 aromatic rings. The molecule has 2 aromatic heterocycles. The van der Waals surface area contributed by atoms with Gasteiger partial charge in [-0.1, -0.05) is 0 Å². The van der Waals surface area contributed by atoms with Gasteiger partial charge in [0.05, 0.1) is 0 Å². The third-order valence-corrected chi connectivity index (χ3v) is 2.11. The molecule has 20 heavy (non-hydrogen) atoms. The van der Waals surface area contributed by atoms with E-state index in [-0.39, 0.29) is 0 Å². The first kappa shape index (κ1) is 14.0. The van der Waals surface area contributed by atoms with Crippen LogP contribution in [-0.2, 0) is 12.4 Å². The Bertz CT molecular complexity index is 787. The maximum atomic E-state index is 12.6. The van der Waals surface area contributed by atoms with E-state index in [2.05, 4.69) is 9.97 Å². The first-order valence-corrected chi connectivity index (χ1v) is 4.69. The van der Waals surface area contributed by atoms with Crippen molar-refractivity contribution in [3.8, 4) is 0 Å². The highest BCUT2D eigenvalue weighted by molar-refractivity contribution is 5.72. The third kappa shape index (κ3) is 2.35. The highest BCUT2D eigenvalue weighted by Crippen LogP contribution is 2.34. The number of nitrogens with one attached hydrogen (secondary N) is 2. The lowest BCUT2D eigenvalue weighted by molar-refractivity contribution is -0.151. The van der Waals surface area contributed by atoms with Gasteiger partial charge in [0.25, 0.3) is 0 Å². The second-order valence-electron chi connectivity index (χ2n) is 3.52. The maximum Gasteiger partial charge on any atom is 0.451 e. The molecule has 0 radical (unpaired) electrons. The zero-order valence-corrected chi connectivity index (χ0v) is 8.98. The van der Waals surface area contributed by atoms with Gasteiger partial charge in [-0.3, -0.25) is 9.59 Å². The van der Waals surface area contributed by atoms with Crippen LogP contribution >= 0.6 is 0 Å². The van der Waals surface area contributed by atoms with Crippen molar-refractivity contribution in [3.63, 3.8) is 0 Å². The maximum absolute atomic E-state index is 12.6. The minimum atomic E-state index is -5.28.